The van der Waals surface area contributed by atoms with Crippen LogP contribution in [0, 0.1) is 17.3 Å². The van der Waals surface area contributed by atoms with Crippen molar-refractivity contribution in [2.75, 3.05) is 6.00 Å². The third-order valence-corrected chi connectivity index (χ3v) is 7.60. The van der Waals surface area contributed by atoms with E-state index in [-0.39, 0.29) is 16.4 Å². The molecule has 4 bridgehead atoms. The highest BCUT2D eigenvalue weighted by Crippen LogP contribution is 2.73. The number of alkyl halides is 1. The van der Waals surface area contributed by atoms with Crippen LogP contribution in [0.25, 0.3) is 0 Å². The molecule has 5 unspecified atom stereocenters. The van der Waals surface area contributed by atoms with Gasteiger partial charge in [0.25, 0.3) is 0 Å². The van der Waals surface area contributed by atoms with Crippen LogP contribution >= 0.6 is 23.8 Å². The summed E-state index contributed by atoms with van der Waals surface area (Å²) in [6, 6.07) is 11.5. The molecule has 1 aromatic rings. The molecule has 2 nitrogen and oxygen atoms in total. The van der Waals surface area contributed by atoms with Crippen molar-refractivity contribution in [1.82, 2.24) is 5.32 Å². The molecule has 0 spiro atoms. The Morgan fingerprint density at radius 1 is 1.32 bits per heavy atom. The Kier molecular flexibility index (Phi) is 3.18. The zero-order valence-electron chi connectivity index (χ0n) is 12.9. The van der Waals surface area contributed by atoms with Gasteiger partial charge in [0.2, 0.25) is 0 Å². The van der Waals surface area contributed by atoms with Gasteiger partial charge in [-0.15, -0.1) is 11.6 Å². The van der Waals surface area contributed by atoms with E-state index in [1.54, 1.807) is 0 Å². The summed E-state index contributed by atoms with van der Waals surface area (Å²) in [5.74, 6) is 1.09. The van der Waals surface area contributed by atoms with Crippen LogP contribution < -0.4 is 11.1 Å². The average molecular weight is 335 g/mol. The van der Waals surface area contributed by atoms with Crippen LogP contribution in [0.5, 0.6) is 0 Å². The van der Waals surface area contributed by atoms with E-state index >= 15 is 0 Å². The van der Waals surface area contributed by atoms with Crippen LogP contribution in [-0.4, -0.2) is 16.5 Å². The Balaban J connectivity index is 1.81. The number of hydrogen-bond acceptors (Lipinski definition) is 2. The first kappa shape index (κ1) is 14.9. The fourth-order valence-corrected chi connectivity index (χ4v) is 6.72. The second-order valence-electron chi connectivity index (χ2n) is 7.80. The molecule has 0 heterocycles. The predicted octanol–water partition coefficient (Wildman–Crippen LogP) is 3.58. The van der Waals surface area contributed by atoms with E-state index in [0.717, 1.165) is 17.8 Å². The zero-order chi connectivity index (χ0) is 15.6. The van der Waals surface area contributed by atoms with Gasteiger partial charge in [-0.05, 0) is 55.4 Å². The average Bonchev–Trinajstić information content (AvgIpc) is 2.86. The molecule has 5 rings (SSSR count). The third kappa shape index (κ3) is 1.68. The van der Waals surface area contributed by atoms with Crippen molar-refractivity contribution in [3.8, 4) is 0 Å². The molecule has 0 aliphatic heterocycles. The Morgan fingerprint density at radius 2 is 2.05 bits per heavy atom. The number of hydrogen-bond donors (Lipinski definition) is 2. The Morgan fingerprint density at radius 3 is 2.68 bits per heavy atom. The standard InChI is InChI=1S/C18H23ClN2S/c1-16(21-11-19)13-7-17(12-5-3-2-4-6-12)9-14(16)18(8-13,10-17)15(20)22/h2-6,13-14,21H,7-11H2,1H3,(H2,20,22). The van der Waals surface area contributed by atoms with Gasteiger partial charge in [-0.1, -0.05) is 42.5 Å². The van der Waals surface area contributed by atoms with E-state index in [4.69, 9.17) is 29.6 Å². The number of benzene rings is 1. The second kappa shape index (κ2) is 4.68. The SMILES string of the molecule is CC1(NCCl)C2CC3(c4ccccc4)CC1C(C(N)=S)(C2)C3. The Hall–Kier alpha value is -0.640. The van der Waals surface area contributed by atoms with Crippen molar-refractivity contribution in [1.29, 1.82) is 0 Å². The number of thiocarbonyl (C=S) groups is 1. The van der Waals surface area contributed by atoms with Crippen LogP contribution in [-0.2, 0) is 5.41 Å². The molecule has 22 heavy (non-hydrogen) atoms. The summed E-state index contributed by atoms with van der Waals surface area (Å²) >= 11 is 11.6. The molecule has 0 aromatic heterocycles. The molecule has 0 saturated heterocycles. The minimum atomic E-state index is 0.0158. The van der Waals surface area contributed by atoms with Crippen LogP contribution in [0.15, 0.2) is 30.3 Å². The smallest absolute Gasteiger partial charge is 0.0794 e. The molecule has 5 atom stereocenters. The fourth-order valence-electron chi connectivity index (χ4n) is 6.13. The van der Waals surface area contributed by atoms with E-state index in [1.807, 2.05) is 0 Å². The second-order valence-corrected chi connectivity index (χ2v) is 8.51. The maximum atomic E-state index is 6.28. The molecule has 4 heteroatoms. The van der Waals surface area contributed by atoms with E-state index in [0.29, 0.717) is 17.8 Å². The highest BCUT2D eigenvalue weighted by Gasteiger charge is 2.73. The normalized spacial score (nSPS) is 45.4. The minimum absolute atomic E-state index is 0.0158. The molecule has 118 valence electrons. The van der Waals surface area contributed by atoms with Crippen molar-refractivity contribution in [3.05, 3.63) is 35.9 Å². The fraction of sp³-hybridized carbons (Fsp3) is 0.611. The highest BCUT2D eigenvalue weighted by atomic mass is 35.5. The number of halogens is 1. The van der Waals surface area contributed by atoms with Gasteiger partial charge in [0.1, 0.15) is 0 Å². The minimum Gasteiger partial charge on any atom is -0.393 e. The van der Waals surface area contributed by atoms with E-state index in [9.17, 15) is 0 Å². The quantitative estimate of drug-likeness (QED) is 0.502. The van der Waals surface area contributed by atoms with Gasteiger partial charge in [-0.2, -0.15) is 0 Å². The van der Waals surface area contributed by atoms with Crippen LogP contribution in [0.1, 0.15) is 38.2 Å². The highest BCUT2D eigenvalue weighted by molar-refractivity contribution is 7.80. The number of rotatable bonds is 4. The molecular weight excluding hydrogens is 312 g/mol. The van der Waals surface area contributed by atoms with Gasteiger partial charge in [0.05, 0.1) is 11.0 Å². The summed E-state index contributed by atoms with van der Waals surface area (Å²) in [6.07, 6.45) is 4.63. The van der Waals surface area contributed by atoms with E-state index in [2.05, 4.69) is 42.6 Å². The van der Waals surface area contributed by atoms with Gasteiger partial charge in [0, 0.05) is 11.0 Å². The first-order valence-electron chi connectivity index (χ1n) is 8.13. The van der Waals surface area contributed by atoms with Crippen LogP contribution in [0.4, 0.5) is 0 Å². The molecular formula is C18H23ClN2S. The molecule has 0 radical (unpaired) electrons. The topological polar surface area (TPSA) is 38.0 Å². The van der Waals surface area contributed by atoms with Gasteiger partial charge in [-0.25, -0.2) is 0 Å². The largest absolute Gasteiger partial charge is 0.393 e. The van der Waals surface area contributed by atoms with E-state index < -0.39 is 0 Å². The molecule has 4 aliphatic carbocycles. The van der Waals surface area contributed by atoms with Crippen LogP contribution in [0.3, 0.4) is 0 Å². The molecule has 4 aliphatic rings. The summed E-state index contributed by atoms with van der Waals surface area (Å²) < 4.78 is 0. The maximum Gasteiger partial charge on any atom is 0.0794 e. The maximum absolute atomic E-state index is 6.28. The van der Waals surface area contributed by atoms with Crippen molar-refractivity contribution < 1.29 is 0 Å². The van der Waals surface area contributed by atoms with E-state index in [1.165, 1.54) is 18.4 Å². The summed E-state index contributed by atoms with van der Waals surface area (Å²) in [5.41, 5.74) is 8.09. The summed E-state index contributed by atoms with van der Waals surface area (Å²) in [6.45, 7) is 2.34. The predicted molar refractivity (Wildman–Crippen MR) is 95.0 cm³/mol. The van der Waals surface area contributed by atoms with Crippen LogP contribution in [0.2, 0.25) is 0 Å². The molecule has 0 amide bonds. The number of nitrogens with one attached hydrogen (secondary N) is 1. The monoisotopic (exact) mass is 334 g/mol. The van der Waals surface area contributed by atoms with Crippen molar-refractivity contribution >= 4 is 28.8 Å². The lowest BCUT2D eigenvalue weighted by Crippen LogP contribution is -2.55. The van der Waals surface area contributed by atoms with Gasteiger partial charge >= 0.3 is 0 Å². The summed E-state index contributed by atoms with van der Waals surface area (Å²) in [4.78, 5) is 0.722. The molecule has 3 N–H and O–H groups in total. The lowest BCUT2D eigenvalue weighted by molar-refractivity contribution is 0.117. The van der Waals surface area contributed by atoms with Crippen molar-refractivity contribution in [2.24, 2.45) is 23.0 Å². The molecule has 4 fully saturated rings. The molecule has 1 aromatic carbocycles. The lowest BCUT2D eigenvalue weighted by atomic mass is 9.60. The summed E-state index contributed by atoms with van der Waals surface area (Å²) in [5, 5.41) is 3.58. The van der Waals surface area contributed by atoms with Gasteiger partial charge < -0.3 is 5.73 Å². The van der Waals surface area contributed by atoms with Gasteiger partial charge in [-0.3, -0.25) is 5.32 Å². The summed E-state index contributed by atoms with van der Waals surface area (Å²) in [7, 11) is 0. The van der Waals surface area contributed by atoms with Crippen molar-refractivity contribution in [2.45, 2.75) is 43.6 Å². The number of nitrogens with two attached hydrogens (primary N) is 1. The Bertz CT molecular complexity index is 621. The van der Waals surface area contributed by atoms with Gasteiger partial charge in [0.15, 0.2) is 0 Å². The molecule has 4 saturated carbocycles. The first-order chi connectivity index (χ1) is 10.5. The first-order valence-corrected chi connectivity index (χ1v) is 9.08. The lowest BCUT2D eigenvalue weighted by Gasteiger charge is -2.48. The van der Waals surface area contributed by atoms with Crippen molar-refractivity contribution in [3.63, 3.8) is 0 Å². The Labute approximate surface area is 142 Å². The zero-order valence-corrected chi connectivity index (χ0v) is 14.5. The third-order valence-electron chi connectivity index (χ3n) is 7.06.